The van der Waals surface area contributed by atoms with E-state index >= 15 is 0 Å². The summed E-state index contributed by atoms with van der Waals surface area (Å²) in [6.45, 7) is 6.91. The average Bonchev–Trinajstić information content (AvgIpc) is 2.53. The summed E-state index contributed by atoms with van der Waals surface area (Å²) in [7, 11) is 0. The van der Waals surface area contributed by atoms with Crippen LogP contribution >= 0.6 is 0 Å². The Labute approximate surface area is 85.0 Å². The van der Waals surface area contributed by atoms with E-state index in [0.717, 1.165) is 6.42 Å². The maximum absolute atomic E-state index is 11.1. The minimum Gasteiger partial charge on any atom is -0.348 e. The Hall–Kier alpha value is -0.610. The third-order valence-electron chi connectivity index (χ3n) is 2.49. The molecule has 0 spiro atoms. The number of rotatable bonds is 5. The maximum atomic E-state index is 11.1. The number of carbonyl (C=O) groups excluding carboxylic acids is 1. The lowest BCUT2D eigenvalue weighted by atomic mass is 10.1. The first-order chi connectivity index (χ1) is 6.62. The molecule has 1 saturated heterocycles. The van der Waals surface area contributed by atoms with Gasteiger partial charge in [0.25, 0.3) is 0 Å². The zero-order valence-corrected chi connectivity index (χ0v) is 9.13. The first-order valence-electron chi connectivity index (χ1n) is 5.19. The molecule has 1 amide bonds. The van der Waals surface area contributed by atoms with Gasteiger partial charge >= 0.3 is 0 Å². The molecule has 0 aromatic rings. The third kappa shape index (κ3) is 2.45. The van der Waals surface area contributed by atoms with Gasteiger partial charge in [-0.2, -0.15) is 0 Å². The fourth-order valence-corrected chi connectivity index (χ4v) is 1.82. The highest BCUT2D eigenvalue weighted by Crippen LogP contribution is 2.24. The number of carbonyl (C=O) groups is 1. The topological polar surface area (TPSA) is 47.6 Å². The largest absolute Gasteiger partial charge is 0.348 e. The van der Waals surface area contributed by atoms with Crippen LogP contribution < -0.4 is 5.32 Å². The van der Waals surface area contributed by atoms with Gasteiger partial charge in [-0.3, -0.25) is 4.79 Å². The van der Waals surface area contributed by atoms with Crippen LogP contribution in [-0.2, 0) is 14.3 Å². The molecule has 1 atom stereocenters. The molecule has 1 rings (SSSR count). The Morgan fingerprint density at radius 1 is 1.43 bits per heavy atom. The van der Waals surface area contributed by atoms with Gasteiger partial charge in [-0.05, 0) is 27.2 Å². The average molecular weight is 201 g/mol. The summed E-state index contributed by atoms with van der Waals surface area (Å²) in [5, 5.41) is 2.88. The molecule has 4 nitrogen and oxygen atoms in total. The first kappa shape index (κ1) is 11.5. The summed E-state index contributed by atoms with van der Waals surface area (Å²) in [6.07, 6.45) is 1.36. The monoisotopic (exact) mass is 201 g/mol. The molecule has 1 unspecified atom stereocenters. The second kappa shape index (κ2) is 4.75. The van der Waals surface area contributed by atoms with Crippen molar-refractivity contribution in [2.24, 2.45) is 0 Å². The minimum absolute atomic E-state index is 0.0186. The van der Waals surface area contributed by atoms with Crippen molar-refractivity contribution in [3.05, 3.63) is 0 Å². The van der Waals surface area contributed by atoms with Crippen molar-refractivity contribution in [3.8, 4) is 0 Å². The van der Waals surface area contributed by atoms with Crippen molar-refractivity contribution in [1.29, 1.82) is 0 Å². The fourth-order valence-electron chi connectivity index (χ4n) is 1.82. The van der Waals surface area contributed by atoms with E-state index < -0.39 is 5.79 Å². The molecule has 0 aromatic carbocycles. The number of hydrogen-bond acceptors (Lipinski definition) is 3. The van der Waals surface area contributed by atoms with Gasteiger partial charge in [0, 0.05) is 19.6 Å². The lowest BCUT2D eigenvalue weighted by Crippen LogP contribution is -2.50. The van der Waals surface area contributed by atoms with Crippen LogP contribution in [0.1, 0.15) is 33.6 Å². The van der Waals surface area contributed by atoms with E-state index in [1.807, 2.05) is 20.8 Å². The molecule has 4 heteroatoms. The second-order valence-electron chi connectivity index (χ2n) is 3.54. The smallest absolute Gasteiger partial charge is 0.220 e. The van der Waals surface area contributed by atoms with Gasteiger partial charge in [0.15, 0.2) is 5.79 Å². The van der Waals surface area contributed by atoms with Gasteiger partial charge in [0.05, 0.1) is 6.04 Å². The molecule has 1 heterocycles. The van der Waals surface area contributed by atoms with E-state index in [2.05, 4.69) is 5.32 Å². The number of nitrogens with one attached hydrogen (secondary N) is 1. The normalized spacial score (nSPS) is 22.5. The van der Waals surface area contributed by atoms with E-state index in [1.165, 1.54) is 0 Å². The minimum atomic E-state index is -0.671. The van der Waals surface area contributed by atoms with Gasteiger partial charge in [0.1, 0.15) is 0 Å². The molecule has 0 aromatic heterocycles. The Bertz CT molecular complexity index is 200. The molecule has 82 valence electrons. The summed E-state index contributed by atoms with van der Waals surface area (Å²) in [4.78, 5) is 11.1. The van der Waals surface area contributed by atoms with Gasteiger partial charge in [-0.1, -0.05) is 0 Å². The molecule has 0 aliphatic carbocycles. The van der Waals surface area contributed by atoms with E-state index in [1.54, 1.807) is 0 Å². The highest BCUT2D eigenvalue weighted by molar-refractivity contribution is 5.78. The fraction of sp³-hybridized carbons (Fsp3) is 0.900. The quantitative estimate of drug-likeness (QED) is 0.676. The van der Waals surface area contributed by atoms with E-state index in [0.29, 0.717) is 19.6 Å². The van der Waals surface area contributed by atoms with Crippen LogP contribution in [0.15, 0.2) is 0 Å². The van der Waals surface area contributed by atoms with Crippen LogP contribution in [0.2, 0.25) is 0 Å². The van der Waals surface area contributed by atoms with Crippen molar-refractivity contribution < 1.29 is 14.3 Å². The second-order valence-corrected chi connectivity index (χ2v) is 3.54. The zero-order chi connectivity index (χ0) is 10.6. The van der Waals surface area contributed by atoms with Crippen LogP contribution in [0.4, 0.5) is 0 Å². The lowest BCUT2D eigenvalue weighted by Gasteiger charge is -2.34. The predicted molar refractivity (Wildman–Crippen MR) is 52.8 cm³/mol. The molecule has 1 N–H and O–H groups in total. The number of ether oxygens (including phenoxy) is 2. The van der Waals surface area contributed by atoms with Gasteiger partial charge in [-0.15, -0.1) is 0 Å². The number of amides is 1. The Kier molecular flexibility index (Phi) is 3.89. The highest BCUT2D eigenvalue weighted by Gasteiger charge is 2.40. The van der Waals surface area contributed by atoms with Crippen molar-refractivity contribution in [2.45, 2.75) is 45.4 Å². The van der Waals surface area contributed by atoms with Crippen molar-refractivity contribution >= 4 is 5.91 Å². The van der Waals surface area contributed by atoms with Crippen LogP contribution in [0.25, 0.3) is 0 Å². The molecular weight excluding hydrogens is 182 g/mol. The maximum Gasteiger partial charge on any atom is 0.220 e. The Balaban J connectivity index is 2.61. The molecule has 1 fully saturated rings. The summed E-state index contributed by atoms with van der Waals surface area (Å²) < 4.78 is 11.1. The van der Waals surface area contributed by atoms with Crippen molar-refractivity contribution in [2.75, 3.05) is 13.2 Å². The lowest BCUT2D eigenvalue weighted by molar-refractivity contribution is -0.235. The predicted octanol–water partition coefficient (Wildman–Crippen LogP) is 1.05. The van der Waals surface area contributed by atoms with Crippen LogP contribution in [0.3, 0.4) is 0 Å². The van der Waals surface area contributed by atoms with E-state index in [9.17, 15) is 4.79 Å². The molecule has 14 heavy (non-hydrogen) atoms. The zero-order valence-electron chi connectivity index (χ0n) is 9.13. The summed E-state index contributed by atoms with van der Waals surface area (Å²) in [5.41, 5.74) is 0. The van der Waals surface area contributed by atoms with Crippen LogP contribution in [0.5, 0.6) is 0 Å². The Morgan fingerprint density at radius 3 is 2.36 bits per heavy atom. The van der Waals surface area contributed by atoms with E-state index in [4.69, 9.17) is 9.47 Å². The van der Waals surface area contributed by atoms with E-state index in [-0.39, 0.29) is 11.9 Å². The standard InChI is InChI=1S/C10H19NO3/c1-4-13-10(3,14-5-2)8-6-7-9(12)11-8/h8H,4-7H2,1-3H3,(H,11,12). The molecule has 0 saturated carbocycles. The van der Waals surface area contributed by atoms with Gasteiger partial charge < -0.3 is 14.8 Å². The Morgan fingerprint density at radius 2 is 2.00 bits per heavy atom. The molecule has 1 aliphatic rings. The first-order valence-corrected chi connectivity index (χ1v) is 5.19. The molecular formula is C10H19NO3. The highest BCUT2D eigenvalue weighted by atomic mass is 16.7. The van der Waals surface area contributed by atoms with Crippen LogP contribution in [-0.4, -0.2) is 30.9 Å². The molecule has 0 radical (unpaired) electrons. The van der Waals surface area contributed by atoms with Gasteiger partial charge in [0.2, 0.25) is 5.91 Å². The number of hydrogen-bond donors (Lipinski definition) is 1. The van der Waals surface area contributed by atoms with Crippen molar-refractivity contribution in [3.63, 3.8) is 0 Å². The SMILES string of the molecule is CCOC(C)(OCC)C1CCC(=O)N1. The summed E-state index contributed by atoms with van der Waals surface area (Å²) in [6, 6.07) is -0.0186. The third-order valence-corrected chi connectivity index (χ3v) is 2.49. The molecule has 0 bridgehead atoms. The van der Waals surface area contributed by atoms with Crippen molar-refractivity contribution in [1.82, 2.24) is 5.32 Å². The van der Waals surface area contributed by atoms with Gasteiger partial charge in [-0.25, -0.2) is 0 Å². The van der Waals surface area contributed by atoms with Crippen LogP contribution in [0, 0.1) is 0 Å². The summed E-state index contributed by atoms with van der Waals surface area (Å²) in [5.74, 6) is -0.587. The molecule has 1 aliphatic heterocycles. The summed E-state index contributed by atoms with van der Waals surface area (Å²) >= 11 is 0.